The second-order valence-corrected chi connectivity index (χ2v) is 7.89. The van der Waals surface area contributed by atoms with E-state index < -0.39 is 0 Å². The lowest BCUT2D eigenvalue weighted by Crippen LogP contribution is -1.92. The molecule has 2 heteroatoms. The van der Waals surface area contributed by atoms with Gasteiger partial charge in [-0.25, -0.2) is 0 Å². The molecule has 0 saturated carbocycles. The van der Waals surface area contributed by atoms with Gasteiger partial charge in [0.15, 0.2) is 0 Å². The van der Waals surface area contributed by atoms with Gasteiger partial charge >= 0.3 is 0 Å². The lowest BCUT2D eigenvalue weighted by Gasteiger charge is -2.03. The van der Waals surface area contributed by atoms with Crippen molar-refractivity contribution in [3.8, 4) is 0 Å². The molecule has 0 aliphatic rings. The Kier molecular flexibility index (Phi) is 19.1. The molecule has 0 unspecified atom stereocenters. The lowest BCUT2D eigenvalue weighted by atomic mass is 10.0. The van der Waals surface area contributed by atoms with Crippen molar-refractivity contribution in [2.45, 2.75) is 110 Å². The van der Waals surface area contributed by atoms with Crippen molar-refractivity contribution < 1.29 is 4.79 Å². The normalized spacial score (nSPS) is 11.0. The van der Waals surface area contributed by atoms with E-state index in [9.17, 15) is 4.79 Å². The van der Waals surface area contributed by atoms with Crippen LogP contribution >= 0.6 is 11.8 Å². The molecule has 0 spiro atoms. The van der Waals surface area contributed by atoms with Crippen LogP contribution in [-0.4, -0.2) is 17.3 Å². The Morgan fingerprint density at radius 3 is 1.45 bits per heavy atom. The third-order valence-corrected chi connectivity index (χ3v) is 5.31. The molecule has 0 aliphatic heterocycles. The summed E-state index contributed by atoms with van der Waals surface area (Å²) >= 11 is 1.94. The molecular formula is C20H40OS. The minimum absolute atomic E-state index is 0.327. The molecule has 0 saturated heterocycles. The summed E-state index contributed by atoms with van der Waals surface area (Å²) in [6.45, 7) is 3.97. The third-order valence-electron chi connectivity index (χ3n) is 4.24. The smallest absolute Gasteiger partial charge is 0.130 e. The maximum Gasteiger partial charge on any atom is 0.130 e. The number of ketones is 1. The molecule has 132 valence electrons. The fraction of sp³-hybridized carbons (Fsp3) is 0.950. The first kappa shape index (κ1) is 22.0. The zero-order chi connectivity index (χ0) is 16.3. The highest BCUT2D eigenvalue weighted by Crippen LogP contribution is 2.14. The largest absolute Gasteiger partial charge is 0.300 e. The summed E-state index contributed by atoms with van der Waals surface area (Å²) in [5.74, 6) is 2.59. The van der Waals surface area contributed by atoms with E-state index in [1.165, 1.54) is 95.6 Å². The molecule has 1 nitrogen and oxygen atoms in total. The van der Waals surface area contributed by atoms with Crippen LogP contribution in [-0.2, 0) is 4.79 Å². The van der Waals surface area contributed by atoms with Gasteiger partial charge in [-0.1, -0.05) is 90.4 Å². The first-order valence-electron chi connectivity index (χ1n) is 9.84. The Hall–Kier alpha value is 0.0200. The molecule has 0 fully saturated rings. The highest BCUT2D eigenvalue weighted by atomic mass is 32.2. The maximum absolute atomic E-state index is 10.8. The third kappa shape index (κ3) is 20.0. The number of hydrogen-bond acceptors (Lipinski definition) is 2. The van der Waals surface area contributed by atoms with Gasteiger partial charge in [0.2, 0.25) is 0 Å². The zero-order valence-corrected chi connectivity index (χ0v) is 16.2. The van der Waals surface area contributed by atoms with Crippen LogP contribution in [0.1, 0.15) is 110 Å². The summed E-state index contributed by atoms with van der Waals surface area (Å²) in [5.41, 5.74) is 0. The van der Waals surface area contributed by atoms with Gasteiger partial charge in [0.25, 0.3) is 0 Å². The first-order valence-corrected chi connectivity index (χ1v) is 11.0. The standard InChI is InChI=1S/C20H40OS/c1-3-4-5-6-7-8-9-10-11-12-13-14-15-16-18-22-19-17-20(2)21/h3-19H2,1-2H3. The van der Waals surface area contributed by atoms with Crippen LogP contribution in [0.3, 0.4) is 0 Å². The number of carbonyl (C=O) groups is 1. The van der Waals surface area contributed by atoms with Crippen molar-refractivity contribution in [2.24, 2.45) is 0 Å². The highest BCUT2D eigenvalue weighted by Gasteiger charge is 1.96. The summed E-state index contributed by atoms with van der Waals surface area (Å²) in [6, 6.07) is 0. The Balaban J connectivity index is 2.95. The Bertz CT molecular complexity index is 228. The molecule has 0 rings (SSSR count). The molecule has 0 heterocycles. The minimum Gasteiger partial charge on any atom is -0.300 e. The van der Waals surface area contributed by atoms with E-state index in [0.717, 1.165) is 12.2 Å². The van der Waals surface area contributed by atoms with Gasteiger partial charge in [-0.2, -0.15) is 11.8 Å². The zero-order valence-electron chi connectivity index (χ0n) is 15.3. The number of Topliss-reactive ketones (excluding diaryl/α,β-unsaturated/α-hetero) is 1. The number of thioether (sulfide) groups is 1. The minimum atomic E-state index is 0.327. The van der Waals surface area contributed by atoms with Crippen LogP contribution in [0.15, 0.2) is 0 Å². The number of hydrogen-bond donors (Lipinski definition) is 0. The Morgan fingerprint density at radius 1 is 0.636 bits per heavy atom. The number of unbranched alkanes of at least 4 members (excludes halogenated alkanes) is 13. The van der Waals surface area contributed by atoms with E-state index in [4.69, 9.17) is 0 Å². The number of rotatable bonds is 18. The van der Waals surface area contributed by atoms with Crippen molar-refractivity contribution in [3.63, 3.8) is 0 Å². The second-order valence-electron chi connectivity index (χ2n) is 6.66. The molecule has 0 aliphatic carbocycles. The molecule has 0 aromatic carbocycles. The van der Waals surface area contributed by atoms with Crippen molar-refractivity contribution in [1.29, 1.82) is 0 Å². The average Bonchev–Trinajstić information content (AvgIpc) is 2.50. The quantitative estimate of drug-likeness (QED) is 0.248. The summed E-state index contributed by atoms with van der Waals surface area (Å²) < 4.78 is 0. The van der Waals surface area contributed by atoms with Crippen LogP contribution in [0.4, 0.5) is 0 Å². The van der Waals surface area contributed by atoms with E-state index in [2.05, 4.69) is 6.92 Å². The summed E-state index contributed by atoms with van der Waals surface area (Å²) in [4.78, 5) is 10.8. The van der Waals surface area contributed by atoms with E-state index in [0.29, 0.717) is 5.78 Å². The Morgan fingerprint density at radius 2 is 1.05 bits per heavy atom. The monoisotopic (exact) mass is 328 g/mol. The molecule has 0 N–H and O–H groups in total. The molecule has 0 amide bonds. The predicted octanol–water partition coefficient (Wildman–Crippen LogP) is 7.18. The van der Waals surface area contributed by atoms with Gasteiger partial charge in [0.05, 0.1) is 0 Å². The molecule has 0 aromatic heterocycles. The lowest BCUT2D eigenvalue weighted by molar-refractivity contribution is -0.116. The van der Waals surface area contributed by atoms with Gasteiger partial charge in [0, 0.05) is 12.2 Å². The summed E-state index contributed by atoms with van der Waals surface area (Å²) in [5, 5.41) is 0. The van der Waals surface area contributed by atoms with Gasteiger partial charge in [-0.15, -0.1) is 0 Å². The topological polar surface area (TPSA) is 17.1 Å². The molecular weight excluding hydrogens is 288 g/mol. The molecule has 0 atom stereocenters. The summed E-state index contributed by atoms with van der Waals surface area (Å²) in [7, 11) is 0. The van der Waals surface area contributed by atoms with E-state index in [-0.39, 0.29) is 0 Å². The van der Waals surface area contributed by atoms with Gasteiger partial charge < -0.3 is 0 Å². The predicted molar refractivity (Wildman–Crippen MR) is 103 cm³/mol. The summed E-state index contributed by atoms with van der Waals surface area (Å²) in [6.07, 6.45) is 20.7. The SMILES string of the molecule is CCCCCCCCCCCCCCCCSCCC(C)=O. The van der Waals surface area contributed by atoms with Crippen molar-refractivity contribution in [2.75, 3.05) is 11.5 Å². The highest BCUT2D eigenvalue weighted by molar-refractivity contribution is 7.99. The molecule has 0 radical (unpaired) electrons. The average molecular weight is 329 g/mol. The molecule has 0 aromatic rings. The Labute approximate surface area is 144 Å². The first-order chi connectivity index (χ1) is 10.8. The van der Waals surface area contributed by atoms with Crippen LogP contribution in [0.5, 0.6) is 0 Å². The fourth-order valence-corrected chi connectivity index (χ4v) is 3.76. The van der Waals surface area contributed by atoms with Crippen molar-refractivity contribution >= 4 is 17.5 Å². The van der Waals surface area contributed by atoms with Crippen LogP contribution in [0.2, 0.25) is 0 Å². The van der Waals surface area contributed by atoms with Gasteiger partial charge in [0.1, 0.15) is 5.78 Å². The van der Waals surface area contributed by atoms with E-state index >= 15 is 0 Å². The van der Waals surface area contributed by atoms with Crippen molar-refractivity contribution in [1.82, 2.24) is 0 Å². The van der Waals surface area contributed by atoms with Gasteiger partial charge in [-0.3, -0.25) is 4.79 Å². The van der Waals surface area contributed by atoms with Crippen LogP contribution in [0.25, 0.3) is 0 Å². The number of carbonyl (C=O) groups excluding carboxylic acids is 1. The maximum atomic E-state index is 10.8. The van der Waals surface area contributed by atoms with E-state index in [1.54, 1.807) is 6.92 Å². The molecule has 22 heavy (non-hydrogen) atoms. The second kappa shape index (κ2) is 19.1. The van der Waals surface area contributed by atoms with E-state index in [1.807, 2.05) is 11.8 Å². The fourth-order valence-electron chi connectivity index (χ4n) is 2.72. The van der Waals surface area contributed by atoms with Gasteiger partial charge in [-0.05, 0) is 19.1 Å². The molecule has 0 bridgehead atoms. The van der Waals surface area contributed by atoms with Crippen molar-refractivity contribution in [3.05, 3.63) is 0 Å². The van der Waals surface area contributed by atoms with Crippen LogP contribution < -0.4 is 0 Å². The van der Waals surface area contributed by atoms with Crippen LogP contribution in [0, 0.1) is 0 Å².